The first kappa shape index (κ1) is 22.2. The largest absolute Gasteiger partial charge is 0.336 e. The molecule has 0 radical (unpaired) electrons. The van der Waals surface area contributed by atoms with E-state index in [1.54, 1.807) is 64.6 Å². The first-order chi connectivity index (χ1) is 15.7. The van der Waals surface area contributed by atoms with Crippen LogP contribution in [0, 0.1) is 0 Å². The minimum absolute atomic E-state index is 0.207. The highest BCUT2D eigenvalue weighted by atomic mass is 16.5. The molecule has 4 aromatic rings. The van der Waals surface area contributed by atoms with E-state index < -0.39 is 11.6 Å². The molecule has 0 atom stereocenters. The summed E-state index contributed by atoms with van der Waals surface area (Å²) in [4.78, 5) is 38.8. The smallest absolute Gasteiger partial charge is 0.288 e. The van der Waals surface area contributed by atoms with Crippen molar-refractivity contribution in [2.75, 3.05) is 0 Å². The summed E-state index contributed by atoms with van der Waals surface area (Å²) in [6.07, 6.45) is 0. The molecule has 1 amide bonds. The van der Waals surface area contributed by atoms with Gasteiger partial charge in [-0.2, -0.15) is 0 Å². The number of benzene rings is 3. The SMILES string of the molecule is CC(C)(C)c1ccccc1-n1c(=O)c2ccccc2n(Cc2ccc(C(=O)NO)cc2)c1=O. The molecular weight excluding hydrogens is 418 g/mol. The second-order valence-electron chi connectivity index (χ2n) is 8.93. The van der Waals surface area contributed by atoms with Crippen LogP contribution in [0.15, 0.2) is 82.4 Å². The third-order valence-corrected chi connectivity index (χ3v) is 5.66. The fourth-order valence-corrected chi connectivity index (χ4v) is 4.00. The molecule has 33 heavy (non-hydrogen) atoms. The molecule has 0 saturated carbocycles. The summed E-state index contributed by atoms with van der Waals surface area (Å²) in [5, 5.41) is 9.26. The van der Waals surface area contributed by atoms with Crippen molar-refractivity contribution in [3.63, 3.8) is 0 Å². The summed E-state index contributed by atoms with van der Waals surface area (Å²) in [5.41, 5.74) is 3.58. The number of hydrogen-bond acceptors (Lipinski definition) is 4. The van der Waals surface area contributed by atoms with Gasteiger partial charge in [-0.15, -0.1) is 0 Å². The van der Waals surface area contributed by atoms with Gasteiger partial charge in [0, 0.05) is 5.56 Å². The van der Waals surface area contributed by atoms with E-state index in [0.717, 1.165) is 11.1 Å². The van der Waals surface area contributed by atoms with Crippen LogP contribution in [0.1, 0.15) is 42.3 Å². The molecule has 0 fully saturated rings. The second-order valence-corrected chi connectivity index (χ2v) is 8.93. The Bertz CT molecular complexity index is 1460. The van der Waals surface area contributed by atoms with Crippen LogP contribution in [-0.2, 0) is 12.0 Å². The highest BCUT2D eigenvalue weighted by Gasteiger charge is 2.22. The Kier molecular flexibility index (Phi) is 5.74. The predicted octanol–water partition coefficient (Wildman–Crippen LogP) is 3.62. The third-order valence-electron chi connectivity index (χ3n) is 5.66. The number of carbonyl (C=O) groups is 1. The third kappa shape index (κ3) is 4.10. The lowest BCUT2D eigenvalue weighted by Gasteiger charge is -2.24. The van der Waals surface area contributed by atoms with Crippen LogP contribution >= 0.6 is 0 Å². The topological polar surface area (TPSA) is 93.3 Å². The lowest BCUT2D eigenvalue weighted by Crippen LogP contribution is -2.40. The Labute approximate surface area is 190 Å². The van der Waals surface area contributed by atoms with E-state index in [0.29, 0.717) is 22.2 Å². The van der Waals surface area contributed by atoms with E-state index in [1.165, 1.54) is 4.57 Å². The first-order valence-electron chi connectivity index (χ1n) is 10.6. The molecule has 0 aliphatic carbocycles. The van der Waals surface area contributed by atoms with Crippen LogP contribution in [0.4, 0.5) is 0 Å². The fourth-order valence-electron chi connectivity index (χ4n) is 4.00. The molecule has 168 valence electrons. The molecule has 1 aromatic heterocycles. The Morgan fingerprint density at radius 3 is 2.21 bits per heavy atom. The van der Waals surface area contributed by atoms with Crippen LogP contribution in [-0.4, -0.2) is 20.2 Å². The standard InChI is InChI=1S/C26H25N3O4/c1-26(2,3)20-9-5-7-11-22(20)29-24(31)19-8-4-6-10-21(19)28(25(29)32)16-17-12-14-18(15-13-17)23(30)27-33/h4-15,33H,16H2,1-3H3,(H,27,30). The van der Waals surface area contributed by atoms with E-state index in [9.17, 15) is 14.4 Å². The van der Waals surface area contributed by atoms with E-state index in [1.807, 2.05) is 39.0 Å². The van der Waals surface area contributed by atoms with Gasteiger partial charge >= 0.3 is 5.69 Å². The van der Waals surface area contributed by atoms with Gasteiger partial charge in [0.25, 0.3) is 11.5 Å². The maximum atomic E-state index is 13.7. The van der Waals surface area contributed by atoms with Crippen molar-refractivity contribution in [2.45, 2.75) is 32.7 Å². The zero-order valence-electron chi connectivity index (χ0n) is 18.7. The molecule has 0 bridgehead atoms. The number of carbonyl (C=O) groups excluding carboxylic acids is 1. The summed E-state index contributed by atoms with van der Waals surface area (Å²) in [5.74, 6) is -0.614. The first-order valence-corrected chi connectivity index (χ1v) is 10.6. The number of amides is 1. The Balaban J connectivity index is 1.95. The molecule has 0 aliphatic rings. The van der Waals surface area contributed by atoms with Crippen LogP contribution < -0.4 is 16.7 Å². The van der Waals surface area contributed by atoms with E-state index >= 15 is 0 Å². The van der Waals surface area contributed by atoms with Gasteiger partial charge < -0.3 is 0 Å². The van der Waals surface area contributed by atoms with Crippen LogP contribution in [0.2, 0.25) is 0 Å². The average molecular weight is 444 g/mol. The summed E-state index contributed by atoms with van der Waals surface area (Å²) in [6.45, 7) is 6.33. The molecule has 0 saturated heterocycles. The second kappa shape index (κ2) is 8.52. The average Bonchev–Trinajstić information content (AvgIpc) is 2.81. The molecule has 0 unspecified atom stereocenters. The Morgan fingerprint density at radius 1 is 0.909 bits per heavy atom. The van der Waals surface area contributed by atoms with Gasteiger partial charge in [-0.1, -0.05) is 63.2 Å². The van der Waals surface area contributed by atoms with Gasteiger partial charge in [0.1, 0.15) is 0 Å². The van der Waals surface area contributed by atoms with Crippen LogP contribution in [0.25, 0.3) is 16.6 Å². The number of rotatable bonds is 4. The molecular formula is C26H25N3O4. The van der Waals surface area contributed by atoms with Gasteiger partial charge in [0.15, 0.2) is 0 Å². The maximum Gasteiger partial charge on any atom is 0.336 e. The normalized spacial score (nSPS) is 11.5. The van der Waals surface area contributed by atoms with E-state index in [2.05, 4.69) is 0 Å². The Hall–Kier alpha value is -3.97. The molecule has 3 aromatic carbocycles. The maximum absolute atomic E-state index is 13.7. The summed E-state index contributed by atoms with van der Waals surface area (Å²) in [7, 11) is 0. The summed E-state index contributed by atoms with van der Waals surface area (Å²) < 4.78 is 2.81. The molecule has 4 rings (SSSR count). The van der Waals surface area contributed by atoms with Crippen molar-refractivity contribution < 1.29 is 10.0 Å². The monoisotopic (exact) mass is 443 g/mol. The number of hydroxylamine groups is 1. The van der Waals surface area contributed by atoms with Crippen molar-refractivity contribution >= 4 is 16.8 Å². The predicted molar refractivity (Wildman–Crippen MR) is 127 cm³/mol. The lowest BCUT2D eigenvalue weighted by molar-refractivity contribution is 0.0706. The minimum atomic E-state index is -0.614. The van der Waals surface area contributed by atoms with Crippen molar-refractivity contribution in [3.8, 4) is 5.69 Å². The molecule has 7 heteroatoms. The quantitative estimate of drug-likeness (QED) is 0.372. The van der Waals surface area contributed by atoms with Gasteiger partial charge in [-0.05, 0) is 46.9 Å². The minimum Gasteiger partial charge on any atom is -0.288 e. The van der Waals surface area contributed by atoms with Crippen molar-refractivity contribution in [3.05, 3.63) is 110 Å². The molecule has 7 nitrogen and oxygen atoms in total. The van der Waals surface area contributed by atoms with Crippen LogP contribution in [0.5, 0.6) is 0 Å². The van der Waals surface area contributed by atoms with Gasteiger partial charge in [0.05, 0.1) is 23.1 Å². The zero-order valence-corrected chi connectivity index (χ0v) is 18.7. The van der Waals surface area contributed by atoms with Gasteiger partial charge in [-0.25, -0.2) is 14.8 Å². The lowest BCUT2D eigenvalue weighted by atomic mass is 9.85. The summed E-state index contributed by atoms with van der Waals surface area (Å²) in [6, 6.07) is 21.1. The molecule has 1 heterocycles. The van der Waals surface area contributed by atoms with Crippen molar-refractivity contribution in [1.82, 2.24) is 14.6 Å². The number of para-hydroxylation sites is 2. The van der Waals surface area contributed by atoms with Crippen molar-refractivity contribution in [1.29, 1.82) is 0 Å². The number of nitrogens with zero attached hydrogens (tertiary/aromatic N) is 2. The number of aromatic nitrogens is 2. The van der Waals surface area contributed by atoms with E-state index in [4.69, 9.17) is 5.21 Å². The molecule has 2 N–H and O–H groups in total. The zero-order chi connectivity index (χ0) is 23.8. The fraction of sp³-hybridized carbons (Fsp3) is 0.192. The van der Waals surface area contributed by atoms with Gasteiger partial charge in [-0.3, -0.25) is 19.4 Å². The van der Waals surface area contributed by atoms with Crippen molar-refractivity contribution in [2.24, 2.45) is 0 Å². The highest BCUT2D eigenvalue weighted by Crippen LogP contribution is 2.27. The number of nitrogens with one attached hydrogen (secondary N) is 1. The Morgan fingerprint density at radius 2 is 1.55 bits per heavy atom. The molecule has 0 spiro atoms. The van der Waals surface area contributed by atoms with E-state index in [-0.39, 0.29) is 17.5 Å². The highest BCUT2D eigenvalue weighted by molar-refractivity contribution is 5.93. The summed E-state index contributed by atoms with van der Waals surface area (Å²) >= 11 is 0. The van der Waals surface area contributed by atoms with Crippen LogP contribution in [0.3, 0.4) is 0 Å². The number of fused-ring (bicyclic) bond motifs is 1. The number of hydrogen-bond donors (Lipinski definition) is 2. The van der Waals surface area contributed by atoms with Gasteiger partial charge in [0.2, 0.25) is 0 Å². The molecule has 0 aliphatic heterocycles.